The first kappa shape index (κ1) is 58.1. The van der Waals surface area contributed by atoms with E-state index in [2.05, 4.69) is 81.5 Å². The molecule has 0 amide bonds. The summed E-state index contributed by atoms with van der Waals surface area (Å²) in [6.45, 7) is 6.48. The van der Waals surface area contributed by atoms with E-state index in [1.165, 1.54) is 109 Å². The van der Waals surface area contributed by atoms with Crippen molar-refractivity contribution in [3.8, 4) is 0 Å². The first-order chi connectivity index (χ1) is 30.0. The Morgan fingerprint density at radius 2 is 0.639 bits per heavy atom. The molecular formula is C55H96O6. The van der Waals surface area contributed by atoms with Gasteiger partial charge in [-0.15, -0.1) is 0 Å². The minimum Gasteiger partial charge on any atom is -0.462 e. The lowest BCUT2D eigenvalue weighted by molar-refractivity contribution is -0.167. The zero-order chi connectivity index (χ0) is 44.4. The summed E-state index contributed by atoms with van der Waals surface area (Å²) >= 11 is 0. The van der Waals surface area contributed by atoms with Crippen LogP contribution in [0.15, 0.2) is 60.8 Å². The number of hydrogen-bond donors (Lipinski definition) is 0. The zero-order valence-corrected chi connectivity index (χ0v) is 40.2. The Labute approximate surface area is 377 Å². The lowest BCUT2D eigenvalue weighted by Crippen LogP contribution is -2.30. The Bertz CT molecular complexity index is 1120. The van der Waals surface area contributed by atoms with Gasteiger partial charge >= 0.3 is 17.9 Å². The number of hydrogen-bond acceptors (Lipinski definition) is 6. The highest BCUT2D eigenvalue weighted by Crippen LogP contribution is 2.15. The van der Waals surface area contributed by atoms with Gasteiger partial charge in [-0.05, 0) is 83.5 Å². The summed E-state index contributed by atoms with van der Waals surface area (Å²) < 4.78 is 16.8. The van der Waals surface area contributed by atoms with Crippen LogP contribution < -0.4 is 0 Å². The molecular weight excluding hydrogens is 757 g/mol. The molecule has 0 bridgehead atoms. The molecule has 0 aromatic heterocycles. The fourth-order valence-corrected chi connectivity index (χ4v) is 7.13. The maximum absolute atomic E-state index is 12.8. The molecule has 0 radical (unpaired) electrons. The second-order valence-electron chi connectivity index (χ2n) is 17.1. The van der Waals surface area contributed by atoms with E-state index in [0.29, 0.717) is 19.3 Å². The van der Waals surface area contributed by atoms with Crippen LogP contribution in [-0.4, -0.2) is 37.2 Å². The number of esters is 3. The van der Waals surface area contributed by atoms with Crippen LogP contribution in [0.2, 0.25) is 0 Å². The summed E-state index contributed by atoms with van der Waals surface area (Å²) in [6.07, 6.45) is 60.6. The van der Waals surface area contributed by atoms with Crippen molar-refractivity contribution in [2.75, 3.05) is 13.2 Å². The summed E-state index contributed by atoms with van der Waals surface area (Å²) in [7, 11) is 0. The molecule has 6 heteroatoms. The number of unbranched alkanes of at least 4 members (excludes halogenated alkanes) is 25. The van der Waals surface area contributed by atoms with Gasteiger partial charge in [0.2, 0.25) is 0 Å². The first-order valence-electron chi connectivity index (χ1n) is 25.8. The van der Waals surface area contributed by atoms with Gasteiger partial charge in [-0.25, -0.2) is 0 Å². The second-order valence-corrected chi connectivity index (χ2v) is 17.1. The number of ether oxygens (including phenoxy) is 3. The first-order valence-corrected chi connectivity index (χ1v) is 25.8. The van der Waals surface area contributed by atoms with E-state index in [1.54, 1.807) is 0 Å². The Kier molecular flexibility index (Phi) is 47.4. The zero-order valence-electron chi connectivity index (χ0n) is 40.2. The van der Waals surface area contributed by atoms with Crippen LogP contribution in [0.25, 0.3) is 0 Å². The standard InChI is InChI=1S/C55H96O6/c1-4-7-10-13-16-19-22-25-27-28-29-31-33-36-39-42-45-48-54(57)60-51-52(50-59-53(56)47-44-41-38-35-32-24-21-18-15-12-9-6-3)61-55(58)49-46-43-40-37-34-30-26-23-20-17-14-11-8-5-2/h7,10,16,18-19,21,25,27,29,31,52H,4-6,8-9,11-15,17,20,22-24,26,28,30,32-51H2,1-3H3/b10-7-,19-16-,21-18-,27-25-,31-29-. The number of rotatable bonds is 46. The maximum atomic E-state index is 12.8. The van der Waals surface area contributed by atoms with E-state index in [4.69, 9.17) is 14.2 Å². The highest BCUT2D eigenvalue weighted by Gasteiger charge is 2.19. The molecule has 0 saturated heterocycles. The van der Waals surface area contributed by atoms with Gasteiger partial charge in [0.15, 0.2) is 6.10 Å². The molecule has 0 N–H and O–H groups in total. The Balaban J connectivity index is 4.41. The Morgan fingerprint density at radius 3 is 1.05 bits per heavy atom. The molecule has 0 aliphatic rings. The monoisotopic (exact) mass is 853 g/mol. The maximum Gasteiger partial charge on any atom is 0.306 e. The molecule has 0 aromatic rings. The van der Waals surface area contributed by atoms with E-state index in [1.807, 2.05) is 0 Å². The van der Waals surface area contributed by atoms with Gasteiger partial charge in [0, 0.05) is 19.3 Å². The summed E-state index contributed by atoms with van der Waals surface area (Å²) in [6, 6.07) is 0. The second kappa shape index (κ2) is 49.8. The van der Waals surface area contributed by atoms with Crippen LogP contribution in [0.4, 0.5) is 0 Å². The predicted molar refractivity (Wildman–Crippen MR) is 261 cm³/mol. The molecule has 352 valence electrons. The molecule has 0 fully saturated rings. The lowest BCUT2D eigenvalue weighted by atomic mass is 10.0. The molecule has 0 saturated carbocycles. The van der Waals surface area contributed by atoms with E-state index >= 15 is 0 Å². The predicted octanol–water partition coefficient (Wildman–Crippen LogP) is 16.9. The average Bonchev–Trinajstić information content (AvgIpc) is 3.26. The molecule has 0 spiro atoms. The van der Waals surface area contributed by atoms with Crippen molar-refractivity contribution in [3.05, 3.63) is 60.8 Å². The summed E-state index contributed by atoms with van der Waals surface area (Å²) in [5, 5.41) is 0. The highest BCUT2D eigenvalue weighted by molar-refractivity contribution is 5.71. The Hall–Kier alpha value is -2.89. The van der Waals surface area contributed by atoms with Gasteiger partial charge in [0.25, 0.3) is 0 Å². The topological polar surface area (TPSA) is 78.9 Å². The SMILES string of the molecule is CC/C=C\C/C=C\C/C=C\C/C=C\CCCCCCC(=O)OCC(COC(=O)CCCCCCC/C=C\CCCCC)OC(=O)CCCCCCCCCCCCCCCC. The molecule has 0 aromatic carbocycles. The third-order valence-corrected chi connectivity index (χ3v) is 11.0. The summed E-state index contributed by atoms with van der Waals surface area (Å²) in [5.41, 5.74) is 0. The van der Waals surface area contributed by atoms with Crippen molar-refractivity contribution in [1.82, 2.24) is 0 Å². The van der Waals surface area contributed by atoms with Crippen LogP contribution in [0.5, 0.6) is 0 Å². The van der Waals surface area contributed by atoms with Crippen LogP contribution >= 0.6 is 0 Å². The Morgan fingerprint density at radius 1 is 0.344 bits per heavy atom. The third kappa shape index (κ3) is 48.0. The normalized spacial score (nSPS) is 12.5. The molecule has 0 aliphatic heterocycles. The highest BCUT2D eigenvalue weighted by atomic mass is 16.6. The van der Waals surface area contributed by atoms with Gasteiger partial charge < -0.3 is 14.2 Å². The molecule has 0 aliphatic carbocycles. The van der Waals surface area contributed by atoms with E-state index in [0.717, 1.165) is 103 Å². The fraction of sp³-hybridized carbons (Fsp3) is 0.764. The molecule has 0 heterocycles. The molecule has 6 nitrogen and oxygen atoms in total. The fourth-order valence-electron chi connectivity index (χ4n) is 7.13. The van der Waals surface area contributed by atoms with E-state index < -0.39 is 6.10 Å². The average molecular weight is 853 g/mol. The van der Waals surface area contributed by atoms with Gasteiger partial charge in [-0.1, -0.05) is 210 Å². The minimum absolute atomic E-state index is 0.0848. The van der Waals surface area contributed by atoms with Crippen LogP contribution in [0.3, 0.4) is 0 Å². The van der Waals surface area contributed by atoms with Crippen molar-refractivity contribution in [2.24, 2.45) is 0 Å². The van der Waals surface area contributed by atoms with Crippen molar-refractivity contribution in [2.45, 2.75) is 258 Å². The van der Waals surface area contributed by atoms with Crippen molar-refractivity contribution >= 4 is 17.9 Å². The van der Waals surface area contributed by atoms with Crippen LogP contribution in [0, 0.1) is 0 Å². The van der Waals surface area contributed by atoms with E-state index in [9.17, 15) is 14.4 Å². The summed E-state index contributed by atoms with van der Waals surface area (Å²) in [4.78, 5) is 37.9. The quantitative estimate of drug-likeness (QED) is 0.0263. The largest absolute Gasteiger partial charge is 0.462 e. The molecule has 1 atom stereocenters. The van der Waals surface area contributed by atoms with Crippen molar-refractivity contribution in [1.29, 1.82) is 0 Å². The van der Waals surface area contributed by atoms with Crippen molar-refractivity contribution < 1.29 is 28.6 Å². The minimum atomic E-state index is -0.784. The molecule has 1 unspecified atom stereocenters. The van der Waals surface area contributed by atoms with Crippen LogP contribution in [0.1, 0.15) is 252 Å². The van der Waals surface area contributed by atoms with Crippen LogP contribution in [-0.2, 0) is 28.6 Å². The molecule has 61 heavy (non-hydrogen) atoms. The number of carbonyl (C=O) groups excluding carboxylic acids is 3. The summed E-state index contributed by atoms with van der Waals surface area (Å²) in [5.74, 6) is -0.912. The smallest absolute Gasteiger partial charge is 0.306 e. The van der Waals surface area contributed by atoms with Gasteiger partial charge in [0.05, 0.1) is 0 Å². The molecule has 0 rings (SSSR count). The number of carbonyl (C=O) groups is 3. The van der Waals surface area contributed by atoms with Gasteiger partial charge in [0.1, 0.15) is 13.2 Å². The number of allylic oxidation sites excluding steroid dienone is 10. The van der Waals surface area contributed by atoms with Crippen molar-refractivity contribution in [3.63, 3.8) is 0 Å². The van der Waals surface area contributed by atoms with Gasteiger partial charge in [-0.2, -0.15) is 0 Å². The lowest BCUT2D eigenvalue weighted by Gasteiger charge is -2.18. The van der Waals surface area contributed by atoms with Gasteiger partial charge in [-0.3, -0.25) is 14.4 Å². The third-order valence-electron chi connectivity index (χ3n) is 11.0. The van der Waals surface area contributed by atoms with E-state index in [-0.39, 0.29) is 31.1 Å².